The van der Waals surface area contributed by atoms with E-state index in [2.05, 4.69) is 44.5 Å². The third kappa shape index (κ3) is 4.14. The fraction of sp³-hybridized carbons (Fsp3) is 0.250. The second kappa shape index (κ2) is 9.56. The highest BCUT2D eigenvalue weighted by Gasteiger charge is 2.29. The smallest absolute Gasteiger partial charge is 0.411 e. The van der Waals surface area contributed by atoms with Gasteiger partial charge in [0.15, 0.2) is 0 Å². The summed E-state index contributed by atoms with van der Waals surface area (Å²) in [6.45, 7) is 1.90. The fourth-order valence-electron chi connectivity index (χ4n) is 5.15. The molecule has 1 aliphatic heterocycles. The molecule has 4 aromatic rings. The lowest BCUT2D eigenvalue weighted by atomic mass is 9.98. The number of carbonyl (C=O) groups is 1. The van der Waals surface area contributed by atoms with Crippen molar-refractivity contribution in [3.63, 3.8) is 0 Å². The van der Waals surface area contributed by atoms with Crippen LogP contribution in [-0.2, 0) is 9.47 Å². The summed E-state index contributed by atoms with van der Waals surface area (Å²) in [5.41, 5.74) is 6.09. The van der Waals surface area contributed by atoms with Gasteiger partial charge in [-0.25, -0.2) is 14.8 Å². The second-order valence-electron chi connectivity index (χ2n) is 9.00. The van der Waals surface area contributed by atoms with Crippen LogP contribution in [0.4, 0.5) is 16.3 Å². The zero-order chi connectivity index (χ0) is 24.5. The standard InChI is InChI=1S/C28H26N4O4/c33-15-19-14-32(11-12-35-19)27-24-13-18(9-10-26(24)29-17-30-27)31-28(34)36-16-25-22-7-3-1-5-20(22)21-6-2-4-8-23(21)25/h1-10,13,17,19,25,33H,11-12,14-16H2,(H,31,34). The van der Waals surface area contributed by atoms with Crippen LogP contribution < -0.4 is 10.2 Å². The molecule has 6 rings (SSSR count). The number of hydrogen-bond acceptors (Lipinski definition) is 7. The van der Waals surface area contributed by atoms with Gasteiger partial charge in [0.25, 0.3) is 0 Å². The number of hydrogen-bond donors (Lipinski definition) is 2. The minimum Gasteiger partial charge on any atom is -0.448 e. The number of benzene rings is 3. The van der Waals surface area contributed by atoms with Gasteiger partial charge in [0.05, 0.1) is 24.8 Å². The lowest BCUT2D eigenvalue weighted by Crippen LogP contribution is -2.44. The number of aliphatic hydroxyl groups excluding tert-OH is 1. The largest absolute Gasteiger partial charge is 0.448 e. The Balaban J connectivity index is 1.19. The van der Waals surface area contributed by atoms with E-state index in [4.69, 9.17) is 9.47 Å². The molecule has 0 radical (unpaired) electrons. The first-order valence-corrected chi connectivity index (χ1v) is 12.1. The number of morpholine rings is 1. The molecule has 8 nitrogen and oxygen atoms in total. The maximum atomic E-state index is 12.8. The molecule has 1 unspecified atom stereocenters. The number of amides is 1. The molecule has 8 heteroatoms. The van der Waals surface area contributed by atoms with Gasteiger partial charge in [-0.15, -0.1) is 0 Å². The van der Waals surface area contributed by atoms with Gasteiger partial charge in [0, 0.05) is 30.1 Å². The van der Waals surface area contributed by atoms with Crippen molar-refractivity contribution in [1.29, 1.82) is 0 Å². The summed E-state index contributed by atoms with van der Waals surface area (Å²) in [5.74, 6) is 0.749. The van der Waals surface area contributed by atoms with E-state index < -0.39 is 6.09 Å². The molecule has 0 spiro atoms. The van der Waals surface area contributed by atoms with Crippen LogP contribution >= 0.6 is 0 Å². The van der Waals surface area contributed by atoms with E-state index in [1.165, 1.54) is 28.6 Å². The highest BCUT2D eigenvalue weighted by atomic mass is 16.5. The SMILES string of the molecule is O=C(Nc1ccc2ncnc(N3CCOC(CO)C3)c2c1)OCC1c2ccccc2-c2ccccc21. The Morgan fingerprint density at radius 1 is 1.06 bits per heavy atom. The maximum Gasteiger partial charge on any atom is 0.411 e. The van der Waals surface area contributed by atoms with Crippen molar-refractivity contribution in [2.75, 3.05) is 43.1 Å². The lowest BCUT2D eigenvalue weighted by molar-refractivity contribution is 0.00343. The highest BCUT2D eigenvalue weighted by Crippen LogP contribution is 2.44. The molecule has 1 aliphatic carbocycles. The molecule has 36 heavy (non-hydrogen) atoms. The first kappa shape index (κ1) is 22.5. The summed E-state index contributed by atoms with van der Waals surface area (Å²) in [7, 11) is 0. The van der Waals surface area contributed by atoms with E-state index in [1.807, 2.05) is 36.4 Å². The van der Waals surface area contributed by atoms with Gasteiger partial charge in [-0.05, 0) is 40.5 Å². The topological polar surface area (TPSA) is 96.8 Å². The van der Waals surface area contributed by atoms with Crippen molar-refractivity contribution >= 4 is 28.5 Å². The Labute approximate surface area is 208 Å². The van der Waals surface area contributed by atoms with E-state index in [9.17, 15) is 9.90 Å². The molecule has 1 amide bonds. The molecule has 2 aliphatic rings. The number of anilines is 2. The zero-order valence-electron chi connectivity index (χ0n) is 19.6. The van der Waals surface area contributed by atoms with E-state index in [1.54, 1.807) is 6.07 Å². The van der Waals surface area contributed by atoms with Crippen LogP contribution in [0.25, 0.3) is 22.0 Å². The van der Waals surface area contributed by atoms with Crippen molar-refractivity contribution in [3.05, 3.63) is 84.2 Å². The minimum atomic E-state index is -0.513. The Hall–Kier alpha value is -4.01. The van der Waals surface area contributed by atoms with Crippen LogP contribution in [0.1, 0.15) is 17.0 Å². The average Bonchev–Trinajstić information content (AvgIpc) is 3.25. The molecule has 2 N–H and O–H groups in total. The summed E-state index contributed by atoms with van der Waals surface area (Å²) in [6.07, 6.45) is 0.756. The average molecular weight is 483 g/mol. The number of aromatic nitrogens is 2. The predicted molar refractivity (Wildman–Crippen MR) is 137 cm³/mol. The Morgan fingerprint density at radius 3 is 2.56 bits per heavy atom. The molecule has 182 valence electrons. The number of ether oxygens (including phenoxy) is 2. The zero-order valence-corrected chi connectivity index (χ0v) is 19.6. The fourth-order valence-corrected chi connectivity index (χ4v) is 5.15. The second-order valence-corrected chi connectivity index (χ2v) is 9.00. The molecular weight excluding hydrogens is 456 g/mol. The third-order valence-corrected chi connectivity index (χ3v) is 6.85. The highest BCUT2D eigenvalue weighted by molar-refractivity contribution is 5.95. The van der Waals surface area contributed by atoms with Crippen LogP contribution in [-0.4, -0.2) is 60.2 Å². The maximum absolute atomic E-state index is 12.8. The Bertz CT molecular complexity index is 1380. The molecular formula is C28H26N4O4. The molecule has 0 bridgehead atoms. The predicted octanol–water partition coefficient (Wildman–Crippen LogP) is 4.19. The van der Waals surface area contributed by atoms with Gasteiger partial charge in [0.2, 0.25) is 0 Å². The Morgan fingerprint density at radius 2 is 1.81 bits per heavy atom. The molecule has 1 atom stereocenters. The summed E-state index contributed by atoms with van der Waals surface area (Å²) >= 11 is 0. The number of carbonyl (C=O) groups excluding carboxylic acids is 1. The normalized spacial score (nSPS) is 17.0. The Kier molecular flexibility index (Phi) is 5.96. The van der Waals surface area contributed by atoms with Crippen LogP contribution in [0.2, 0.25) is 0 Å². The van der Waals surface area contributed by atoms with Crippen LogP contribution in [0.15, 0.2) is 73.1 Å². The number of fused-ring (bicyclic) bond motifs is 4. The van der Waals surface area contributed by atoms with Gasteiger partial charge in [-0.2, -0.15) is 0 Å². The monoisotopic (exact) mass is 482 g/mol. The van der Waals surface area contributed by atoms with E-state index in [-0.39, 0.29) is 25.2 Å². The molecule has 0 saturated carbocycles. The number of nitrogens with one attached hydrogen (secondary N) is 1. The van der Waals surface area contributed by atoms with Gasteiger partial charge in [-0.1, -0.05) is 48.5 Å². The molecule has 1 aromatic heterocycles. The molecule has 3 aromatic carbocycles. The van der Waals surface area contributed by atoms with E-state index in [0.29, 0.717) is 25.4 Å². The number of nitrogens with zero attached hydrogens (tertiary/aromatic N) is 3. The van der Waals surface area contributed by atoms with Gasteiger partial charge < -0.3 is 19.5 Å². The first-order chi connectivity index (χ1) is 17.7. The van der Waals surface area contributed by atoms with Crippen LogP contribution in [0.5, 0.6) is 0 Å². The first-order valence-electron chi connectivity index (χ1n) is 12.1. The van der Waals surface area contributed by atoms with Crippen molar-refractivity contribution in [3.8, 4) is 11.1 Å². The van der Waals surface area contributed by atoms with Crippen LogP contribution in [0, 0.1) is 0 Å². The van der Waals surface area contributed by atoms with Crippen molar-refractivity contribution in [1.82, 2.24) is 9.97 Å². The summed E-state index contributed by atoms with van der Waals surface area (Å²) in [4.78, 5) is 23.7. The van der Waals surface area contributed by atoms with Crippen molar-refractivity contribution in [2.45, 2.75) is 12.0 Å². The summed E-state index contributed by atoms with van der Waals surface area (Å²) in [6, 6.07) is 22.0. The van der Waals surface area contributed by atoms with E-state index in [0.717, 1.165) is 16.7 Å². The van der Waals surface area contributed by atoms with Crippen molar-refractivity contribution in [2.24, 2.45) is 0 Å². The number of rotatable bonds is 5. The van der Waals surface area contributed by atoms with Crippen LogP contribution in [0.3, 0.4) is 0 Å². The quantitative estimate of drug-likeness (QED) is 0.440. The minimum absolute atomic E-state index is 0.000507. The number of aliphatic hydroxyl groups is 1. The van der Waals surface area contributed by atoms with Gasteiger partial charge in [-0.3, -0.25) is 5.32 Å². The molecule has 2 heterocycles. The third-order valence-electron chi connectivity index (χ3n) is 6.85. The van der Waals surface area contributed by atoms with Gasteiger partial charge in [0.1, 0.15) is 18.8 Å². The molecule has 1 fully saturated rings. The van der Waals surface area contributed by atoms with Gasteiger partial charge >= 0.3 is 6.09 Å². The summed E-state index contributed by atoms with van der Waals surface area (Å²) in [5, 5.41) is 13.2. The molecule has 1 saturated heterocycles. The van der Waals surface area contributed by atoms with E-state index >= 15 is 0 Å². The lowest BCUT2D eigenvalue weighted by Gasteiger charge is -2.33. The van der Waals surface area contributed by atoms with Crippen molar-refractivity contribution < 1.29 is 19.4 Å². The summed E-state index contributed by atoms with van der Waals surface area (Å²) < 4.78 is 11.3.